The lowest BCUT2D eigenvalue weighted by molar-refractivity contribution is -0.136. The molecule has 1 aromatic heterocycles. The summed E-state index contributed by atoms with van der Waals surface area (Å²) in [6.45, 7) is 7.10. The molecule has 3 aliphatic heterocycles. The molecule has 2 atom stereocenters. The van der Waals surface area contributed by atoms with Gasteiger partial charge in [-0.25, -0.2) is 4.79 Å². The van der Waals surface area contributed by atoms with E-state index in [9.17, 15) is 33.6 Å². The van der Waals surface area contributed by atoms with Crippen molar-refractivity contribution >= 4 is 53.0 Å². The third-order valence-electron chi connectivity index (χ3n) is 11.7. The predicted octanol–water partition coefficient (Wildman–Crippen LogP) is 3.02. The quantitative estimate of drug-likeness (QED) is 0.0521. The first-order chi connectivity index (χ1) is 32.2. The summed E-state index contributed by atoms with van der Waals surface area (Å²) in [6.07, 6.45) is 0.126. The maximum absolute atomic E-state index is 13.7. The predicted molar refractivity (Wildman–Crippen MR) is 244 cm³/mol. The molecule has 6 N–H and O–H groups in total. The van der Waals surface area contributed by atoms with Crippen molar-refractivity contribution in [2.45, 2.75) is 50.9 Å². The van der Waals surface area contributed by atoms with Crippen LogP contribution >= 0.6 is 0 Å². The van der Waals surface area contributed by atoms with Crippen LogP contribution in [0, 0.1) is 0 Å². The van der Waals surface area contributed by atoms with Gasteiger partial charge in [-0.05, 0) is 76.3 Å². The van der Waals surface area contributed by atoms with Crippen LogP contribution in [0.1, 0.15) is 91.0 Å². The second-order valence-corrected chi connectivity index (χ2v) is 17.0. The molecule has 1 fully saturated rings. The highest BCUT2D eigenvalue weighted by atomic mass is 16.5. The molecule has 4 aromatic rings. The van der Waals surface area contributed by atoms with E-state index in [0.717, 1.165) is 21.7 Å². The maximum atomic E-state index is 13.7. The van der Waals surface area contributed by atoms with E-state index >= 15 is 0 Å². The van der Waals surface area contributed by atoms with Crippen LogP contribution in [-0.4, -0.2) is 146 Å². The Morgan fingerprint density at radius 2 is 1.48 bits per heavy atom. The largest absolute Gasteiger partial charge is 0.382 e. The van der Waals surface area contributed by atoms with Crippen molar-refractivity contribution in [1.29, 1.82) is 0 Å². The van der Waals surface area contributed by atoms with Crippen LogP contribution in [0.2, 0.25) is 0 Å². The molecule has 0 saturated carbocycles. The maximum Gasteiger partial charge on any atom is 0.319 e. The number of H-pyrrole nitrogens is 1. The normalized spacial score (nSPS) is 16.7. The second-order valence-electron chi connectivity index (χ2n) is 17.0. The molecule has 20 nitrogen and oxygen atoms in total. The standard InChI is InChI=1S/C47H56N10O10/c1-47(2)39-33(27-56(47)46(64)50-35(28-55(3)4)29-9-6-5-7-10-29)40(54-53-39)52-42(60)31-15-13-30(14-16-31)41(59)49-20-22-66-24-26-67-25-23-65-21-19-48-34-12-8-11-32-38(34)45(63)57(44(32)62)36-17-18-37(58)51-43(36)61/h5-16,35-36,48H,17-28H2,1-4H3,(H,49,59)(H,50,64)(H,51,58,61)(H2,52,53,54,60)/t35-,36?/m1/s1. The molecule has 20 heteroatoms. The molecular weight excluding hydrogens is 865 g/mol. The van der Waals surface area contributed by atoms with Gasteiger partial charge in [0.25, 0.3) is 23.6 Å². The SMILES string of the molecule is CN(C)C[C@@H](NC(=O)N1Cc2c(NC(=O)c3ccc(C(=O)NCCOCCOCCOCCNc4cccc5c4C(=O)N(C4CCC(=O)NC4=O)C5=O)cc3)n[nH]c2C1(C)C)c1ccccc1. The Balaban J connectivity index is 0.755. The van der Waals surface area contributed by atoms with Crippen molar-refractivity contribution < 1.29 is 47.8 Å². The number of fused-ring (bicyclic) bond motifs is 2. The third kappa shape index (κ3) is 11.2. The molecule has 1 saturated heterocycles. The van der Waals surface area contributed by atoms with Crippen LogP contribution in [0.5, 0.6) is 0 Å². The number of rotatable bonds is 21. The number of hydrogen-bond donors (Lipinski definition) is 6. The van der Waals surface area contributed by atoms with Gasteiger partial charge in [0.15, 0.2) is 5.82 Å². The lowest BCUT2D eigenvalue weighted by atomic mass is 10.0. The summed E-state index contributed by atoms with van der Waals surface area (Å²) in [5, 5.41) is 21.6. The van der Waals surface area contributed by atoms with Crippen LogP contribution in [-0.2, 0) is 35.9 Å². The van der Waals surface area contributed by atoms with Crippen LogP contribution in [0.4, 0.5) is 16.3 Å². The van der Waals surface area contributed by atoms with Gasteiger partial charge in [-0.1, -0.05) is 36.4 Å². The zero-order valence-corrected chi connectivity index (χ0v) is 37.9. The molecular formula is C47H56N10O10. The number of aromatic amines is 1. The highest BCUT2D eigenvalue weighted by molar-refractivity contribution is 6.25. The molecule has 0 spiro atoms. The average Bonchev–Trinajstić information content (AvgIpc) is 3.93. The van der Waals surface area contributed by atoms with Gasteiger partial charge in [-0.3, -0.25) is 44.1 Å². The Morgan fingerprint density at radius 3 is 2.15 bits per heavy atom. The minimum absolute atomic E-state index is 0.0448. The number of carbonyl (C=O) groups is 7. The molecule has 3 aliphatic rings. The number of piperidine rings is 1. The molecule has 4 heterocycles. The Morgan fingerprint density at radius 1 is 0.821 bits per heavy atom. The molecule has 67 heavy (non-hydrogen) atoms. The molecule has 354 valence electrons. The zero-order valence-electron chi connectivity index (χ0n) is 37.9. The smallest absolute Gasteiger partial charge is 0.319 e. The molecule has 8 amide bonds. The fraction of sp³-hybridized carbons (Fsp3) is 0.404. The Bertz CT molecular complexity index is 2480. The minimum Gasteiger partial charge on any atom is -0.382 e. The number of urea groups is 1. The molecule has 0 bridgehead atoms. The fourth-order valence-electron chi connectivity index (χ4n) is 8.21. The van der Waals surface area contributed by atoms with E-state index < -0.39 is 41.1 Å². The van der Waals surface area contributed by atoms with Crippen molar-refractivity contribution in [3.05, 3.63) is 112 Å². The number of amides is 8. The Kier molecular flexibility index (Phi) is 15.4. The summed E-state index contributed by atoms with van der Waals surface area (Å²) in [7, 11) is 3.92. The van der Waals surface area contributed by atoms with Crippen molar-refractivity contribution in [2.24, 2.45) is 0 Å². The number of imide groups is 2. The average molecular weight is 921 g/mol. The van der Waals surface area contributed by atoms with E-state index in [0.29, 0.717) is 68.8 Å². The highest BCUT2D eigenvalue weighted by Gasteiger charge is 2.46. The van der Waals surface area contributed by atoms with Crippen LogP contribution in [0.3, 0.4) is 0 Å². The van der Waals surface area contributed by atoms with Gasteiger partial charge >= 0.3 is 6.03 Å². The first-order valence-corrected chi connectivity index (χ1v) is 22.1. The number of aromatic nitrogens is 2. The van der Waals surface area contributed by atoms with Crippen molar-refractivity contribution in [3.8, 4) is 0 Å². The second kappa shape index (κ2) is 21.5. The molecule has 7 rings (SSSR count). The van der Waals surface area contributed by atoms with E-state index in [1.165, 1.54) is 6.07 Å². The number of anilines is 2. The van der Waals surface area contributed by atoms with Crippen LogP contribution in [0.15, 0.2) is 72.8 Å². The summed E-state index contributed by atoms with van der Waals surface area (Å²) in [4.78, 5) is 94.7. The van der Waals surface area contributed by atoms with Crippen LogP contribution in [0.25, 0.3) is 0 Å². The monoisotopic (exact) mass is 920 g/mol. The molecule has 0 radical (unpaired) electrons. The van der Waals surface area contributed by atoms with Gasteiger partial charge in [0, 0.05) is 48.4 Å². The first kappa shape index (κ1) is 47.9. The summed E-state index contributed by atoms with van der Waals surface area (Å²) < 4.78 is 16.7. The van der Waals surface area contributed by atoms with Gasteiger partial charge in [0.05, 0.1) is 74.6 Å². The summed E-state index contributed by atoms with van der Waals surface area (Å²) in [5.74, 6) is -2.66. The molecule has 3 aromatic carbocycles. The number of hydrogen-bond acceptors (Lipinski definition) is 13. The lowest BCUT2D eigenvalue weighted by Gasteiger charge is -2.34. The number of ether oxygens (including phenoxy) is 3. The van der Waals surface area contributed by atoms with E-state index in [2.05, 4.69) is 36.8 Å². The number of nitrogens with zero attached hydrogens (tertiary/aromatic N) is 4. The lowest BCUT2D eigenvalue weighted by Crippen LogP contribution is -2.54. The van der Waals surface area contributed by atoms with Gasteiger partial charge < -0.3 is 45.3 Å². The molecule has 1 unspecified atom stereocenters. The number of nitrogens with one attached hydrogen (secondary N) is 6. The summed E-state index contributed by atoms with van der Waals surface area (Å²) in [5.41, 5.74) is 3.24. The van der Waals surface area contributed by atoms with Gasteiger partial charge in [0.1, 0.15) is 6.04 Å². The van der Waals surface area contributed by atoms with Crippen molar-refractivity contribution in [1.82, 2.24) is 40.8 Å². The fourth-order valence-corrected chi connectivity index (χ4v) is 8.21. The van der Waals surface area contributed by atoms with Crippen LogP contribution < -0.4 is 26.6 Å². The van der Waals surface area contributed by atoms with E-state index in [1.807, 2.05) is 63.2 Å². The minimum atomic E-state index is -1.04. The summed E-state index contributed by atoms with van der Waals surface area (Å²) in [6, 6.07) is 19.4. The van der Waals surface area contributed by atoms with Gasteiger partial charge in [-0.15, -0.1) is 0 Å². The highest BCUT2D eigenvalue weighted by Crippen LogP contribution is 2.41. The first-order valence-electron chi connectivity index (χ1n) is 22.1. The van der Waals surface area contributed by atoms with E-state index in [-0.39, 0.29) is 61.6 Å². The molecule has 0 aliphatic carbocycles. The summed E-state index contributed by atoms with van der Waals surface area (Å²) >= 11 is 0. The Labute approximate surface area is 387 Å². The number of carbonyl (C=O) groups excluding carboxylic acids is 7. The van der Waals surface area contributed by atoms with Gasteiger partial charge in [0.2, 0.25) is 11.8 Å². The van der Waals surface area contributed by atoms with Crippen molar-refractivity contribution in [3.63, 3.8) is 0 Å². The number of likely N-dealkylation sites (N-methyl/N-ethyl adjacent to an activating group) is 1. The van der Waals surface area contributed by atoms with Crippen molar-refractivity contribution in [2.75, 3.05) is 84.0 Å². The van der Waals surface area contributed by atoms with E-state index in [4.69, 9.17) is 14.2 Å². The Hall–Kier alpha value is -7.00. The number of benzene rings is 3. The zero-order chi connectivity index (χ0) is 47.7. The topological polar surface area (TPSA) is 246 Å². The van der Waals surface area contributed by atoms with Gasteiger partial charge in [-0.2, -0.15) is 5.10 Å². The van der Waals surface area contributed by atoms with E-state index in [1.54, 1.807) is 41.3 Å². The third-order valence-corrected chi connectivity index (χ3v) is 11.7.